The maximum atomic E-state index is 12.7. The van der Waals surface area contributed by atoms with Gasteiger partial charge in [-0.2, -0.15) is 0 Å². The van der Waals surface area contributed by atoms with Crippen molar-refractivity contribution in [3.63, 3.8) is 0 Å². The van der Waals surface area contributed by atoms with Crippen LogP contribution in [0.4, 0.5) is 0 Å². The quantitative estimate of drug-likeness (QED) is 0.802. The third kappa shape index (κ3) is 2.86. The van der Waals surface area contributed by atoms with E-state index in [-0.39, 0.29) is 10.6 Å². The van der Waals surface area contributed by atoms with Gasteiger partial charge in [0.1, 0.15) is 5.75 Å². The summed E-state index contributed by atoms with van der Waals surface area (Å²) in [5.41, 5.74) is 0. The number of ether oxygens (including phenoxy) is 1. The highest BCUT2D eigenvalue weighted by Crippen LogP contribution is 2.33. The Morgan fingerprint density at radius 1 is 1.33 bits per heavy atom. The maximum Gasteiger partial charge on any atom is 0.327 e. The fraction of sp³-hybridized carbons (Fsp3) is 0.267. The van der Waals surface area contributed by atoms with Crippen molar-refractivity contribution in [3.8, 4) is 30.4 Å². The van der Waals surface area contributed by atoms with Gasteiger partial charge in [0.05, 0.1) is 12.0 Å². The van der Waals surface area contributed by atoms with E-state index in [9.17, 15) is 18.3 Å². The summed E-state index contributed by atoms with van der Waals surface area (Å²) >= 11 is 0. The van der Waals surface area contributed by atoms with Crippen molar-refractivity contribution >= 4 is 15.8 Å². The SMILES string of the molecule is C#CCC(CC#C)(C(=O)O)S(=O)(=O)c1cccc(OC)c1. The Balaban J connectivity index is 3.58. The first kappa shape index (κ1) is 16.6. The molecule has 5 nitrogen and oxygen atoms in total. The van der Waals surface area contributed by atoms with Gasteiger partial charge in [0.15, 0.2) is 14.6 Å². The first-order valence-electron chi connectivity index (χ1n) is 5.84. The molecule has 0 saturated heterocycles. The molecule has 1 rings (SSSR count). The number of carboxylic acids is 1. The molecule has 0 aliphatic rings. The Morgan fingerprint density at radius 2 is 1.90 bits per heavy atom. The van der Waals surface area contributed by atoms with Crippen molar-refractivity contribution in [2.45, 2.75) is 22.5 Å². The molecule has 110 valence electrons. The topological polar surface area (TPSA) is 80.7 Å². The van der Waals surface area contributed by atoms with Gasteiger partial charge in [-0.05, 0) is 18.2 Å². The van der Waals surface area contributed by atoms with Crippen LogP contribution in [0.1, 0.15) is 12.8 Å². The van der Waals surface area contributed by atoms with E-state index in [0.29, 0.717) is 0 Å². The van der Waals surface area contributed by atoms with E-state index >= 15 is 0 Å². The van der Waals surface area contributed by atoms with Gasteiger partial charge in [-0.25, -0.2) is 8.42 Å². The average molecular weight is 306 g/mol. The van der Waals surface area contributed by atoms with Crippen molar-refractivity contribution in [2.75, 3.05) is 7.11 Å². The van der Waals surface area contributed by atoms with Crippen molar-refractivity contribution < 1.29 is 23.1 Å². The number of hydrogen-bond acceptors (Lipinski definition) is 4. The van der Waals surface area contributed by atoms with Crippen LogP contribution in [0.5, 0.6) is 5.75 Å². The summed E-state index contributed by atoms with van der Waals surface area (Å²) in [5, 5.41) is 9.41. The van der Waals surface area contributed by atoms with E-state index in [0.717, 1.165) is 0 Å². The number of methoxy groups -OCH3 is 1. The predicted octanol–water partition coefficient (Wildman–Crippen LogP) is 1.34. The van der Waals surface area contributed by atoms with E-state index in [4.69, 9.17) is 17.6 Å². The molecule has 1 N–H and O–H groups in total. The number of terminal acetylenes is 2. The summed E-state index contributed by atoms with van der Waals surface area (Å²) in [7, 11) is -2.91. The fourth-order valence-corrected chi connectivity index (χ4v) is 3.60. The monoisotopic (exact) mass is 306 g/mol. The molecule has 0 aliphatic heterocycles. The van der Waals surface area contributed by atoms with Gasteiger partial charge in [-0.15, -0.1) is 24.7 Å². The maximum absolute atomic E-state index is 12.7. The minimum atomic E-state index is -4.28. The van der Waals surface area contributed by atoms with E-state index < -0.39 is 33.4 Å². The zero-order chi connectivity index (χ0) is 16.1. The molecule has 21 heavy (non-hydrogen) atoms. The van der Waals surface area contributed by atoms with Crippen LogP contribution in [0.25, 0.3) is 0 Å². The lowest BCUT2D eigenvalue weighted by Crippen LogP contribution is -2.46. The van der Waals surface area contributed by atoms with Crippen molar-refractivity contribution in [3.05, 3.63) is 24.3 Å². The Hall–Kier alpha value is -2.44. The molecule has 0 fully saturated rings. The van der Waals surface area contributed by atoms with Crippen LogP contribution in [-0.4, -0.2) is 31.4 Å². The molecule has 0 spiro atoms. The smallest absolute Gasteiger partial charge is 0.327 e. The normalized spacial score (nSPS) is 11.2. The molecule has 0 bridgehead atoms. The lowest BCUT2D eigenvalue weighted by atomic mass is 10.0. The number of benzene rings is 1. The molecule has 1 aromatic carbocycles. The molecule has 0 saturated carbocycles. The summed E-state index contributed by atoms with van der Waals surface area (Å²) in [6.45, 7) is 0. The van der Waals surface area contributed by atoms with Gasteiger partial charge in [0.2, 0.25) is 0 Å². The summed E-state index contributed by atoms with van der Waals surface area (Å²) in [4.78, 5) is 11.4. The fourth-order valence-electron chi connectivity index (χ4n) is 1.84. The lowest BCUT2D eigenvalue weighted by Gasteiger charge is -2.25. The van der Waals surface area contributed by atoms with Gasteiger partial charge < -0.3 is 9.84 Å². The van der Waals surface area contributed by atoms with Gasteiger partial charge in [-0.3, -0.25) is 4.79 Å². The van der Waals surface area contributed by atoms with Crippen molar-refractivity contribution in [1.29, 1.82) is 0 Å². The molecule has 1 aromatic rings. The van der Waals surface area contributed by atoms with E-state index in [1.165, 1.54) is 25.3 Å². The van der Waals surface area contributed by atoms with Crippen LogP contribution < -0.4 is 4.74 Å². The summed E-state index contributed by atoms with van der Waals surface area (Å²) < 4.78 is 28.1. The Morgan fingerprint density at radius 3 is 2.33 bits per heavy atom. The predicted molar refractivity (Wildman–Crippen MR) is 77.4 cm³/mol. The van der Waals surface area contributed by atoms with Crippen LogP contribution in [0, 0.1) is 24.7 Å². The largest absolute Gasteiger partial charge is 0.497 e. The molecule has 0 aliphatic carbocycles. The molecule has 0 heterocycles. The van der Waals surface area contributed by atoms with Crippen LogP contribution >= 0.6 is 0 Å². The zero-order valence-corrected chi connectivity index (χ0v) is 12.2. The number of rotatable bonds is 6. The van der Waals surface area contributed by atoms with Crippen LogP contribution in [0.2, 0.25) is 0 Å². The van der Waals surface area contributed by atoms with Crippen molar-refractivity contribution in [2.24, 2.45) is 0 Å². The number of sulfone groups is 1. The number of carbonyl (C=O) groups is 1. The highest BCUT2D eigenvalue weighted by Gasteiger charge is 2.51. The van der Waals surface area contributed by atoms with Crippen molar-refractivity contribution in [1.82, 2.24) is 0 Å². The van der Waals surface area contributed by atoms with Gasteiger partial charge in [0.25, 0.3) is 0 Å². The molecule has 6 heteroatoms. The highest BCUT2D eigenvalue weighted by molar-refractivity contribution is 7.93. The summed E-state index contributed by atoms with van der Waals surface area (Å²) in [6, 6.07) is 5.51. The second kappa shape index (κ2) is 6.34. The lowest BCUT2D eigenvalue weighted by molar-refractivity contribution is -0.139. The average Bonchev–Trinajstić information content (AvgIpc) is 2.46. The Bertz CT molecular complexity index is 703. The Labute approximate surface area is 123 Å². The standard InChI is InChI=1S/C15H14O5S/c1-4-9-15(10-5-2,14(16)17)21(18,19)13-8-6-7-12(11-13)20-3/h1-2,6-8,11H,9-10H2,3H3,(H,16,17). The van der Waals surface area contributed by atoms with Crippen LogP contribution in [0.15, 0.2) is 29.2 Å². The van der Waals surface area contributed by atoms with Gasteiger partial charge in [-0.1, -0.05) is 6.07 Å². The number of hydrogen-bond donors (Lipinski definition) is 1. The number of aliphatic carboxylic acids is 1. The zero-order valence-electron chi connectivity index (χ0n) is 11.4. The van der Waals surface area contributed by atoms with E-state index in [1.54, 1.807) is 6.07 Å². The van der Waals surface area contributed by atoms with E-state index in [2.05, 4.69) is 11.8 Å². The van der Waals surface area contributed by atoms with Crippen LogP contribution in [0.3, 0.4) is 0 Å². The summed E-state index contributed by atoms with van der Waals surface area (Å²) in [6.07, 6.45) is 9.24. The first-order chi connectivity index (χ1) is 9.85. The minimum absolute atomic E-state index is 0.199. The second-order valence-corrected chi connectivity index (χ2v) is 6.50. The van der Waals surface area contributed by atoms with E-state index in [1.807, 2.05) is 0 Å². The molecular formula is C15H14O5S. The van der Waals surface area contributed by atoms with Gasteiger partial charge >= 0.3 is 5.97 Å². The molecule has 0 radical (unpaired) electrons. The molecular weight excluding hydrogens is 292 g/mol. The highest BCUT2D eigenvalue weighted by atomic mass is 32.2. The third-order valence-corrected chi connectivity index (χ3v) is 5.40. The minimum Gasteiger partial charge on any atom is -0.497 e. The molecule has 0 unspecified atom stereocenters. The Kier molecular flexibility index (Phi) is 5.02. The van der Waals surface area contributed by atoms with Gasteiger partial charge in [0, 0.05) is 12.8 Å². The molecule has 0 aromatic heterocycles. The first-order valence-corrected chi connectivity index (χ1v) is 7.33. The van der Waals surface area contributed by atoms with Crippen LogP contribution in [-0.2, 0) is 14.6 Å². The third-order valence-electron chi connectivity index (χ3n) is 3.03. The molecule has 0 atom stereocenters. The second-order valence-electron chi connectivity index (χ2n) is 4.24. The summed E-state index contributed by atoms with van der Waals surface area (Å²) in [5.74, 6) is 2.91. The molecule has 0 amide bonds. The number of carboxylic acid groups (broad SMARTS) is 1.